The summed E-state index contributed by atoms with van der Waals surface area (Å²) in [5.74, 6) is 4.93. The number of nitrogens with one attached hydrogen (secondary N) is 1. The smallest absolute Gasteiger partial charge is 0.295 e. The minimum Gasteiger partial charge on any atom is -0.508 e. The first-order valence-corrected chi connectivity index (χ1v) is 4.71. The molecule has 0 saturated heterocycles. The lowest BCUT2D eigenvalue weighted by Crippen LogP contribution is -2.23. The normalized spacial score (nSPS) is 8.87. The Labute approximate surface area is 89.1 Å². The summed E-state index contributed by atoms with van der Waals surface area (Å²) in [6.07, 6.45) is 0.734. The Morgan fingerprint density at radius 2 is 2.07 bits per heavy atom. The Bertz CT molecular complexity index is 384. The highest BCUT2D eigenvalue weighted by atomic mass is 16.3. The van der Waals surface area contributed by atoms with Crippen LogP contribution in [0.25, 0.3) is 0 Å². The summed E-state index contributed by atoms with van der Waals surface area (Å²) < 4.78 is 0. The van der Waals surface area contributed by atoms with Crippen molar-refractivity contribution >= 4 is 5.91 Å². The largest absolute Gasteiger partial charge is 0.508 e. The van der Waals surface area contributed by atoms with E-state index in [9.17, 15) is 4.79 Å². The fraction of sp³-hybridized carbons (Fsp3) is 0.250. The molecule has 0 fully saturated rings. The molecular weight excluding hydrogens is 190 g/mol. The molecule has 0 atom stereocenters. The van der Waals surface area contributed by atoms with Crippen LogP contribution in [-0.2, 0) is 11.2 Å². The van der Waals surface area contributed by atoms with Crippen molar-refractivity contribution in [1.82, 2.24) is 5.32 Å². The third kappa shape index (κ3) is 4.19. The molecule has 0 aromatic heterocycles. The highest BCUT2D eigenvalue weighted by Crippen LogP contribution is 2.09. The molecule has 0 saturated carbocycles. The second-order valence-electron chi connectivity index (χ2n) is 3.05. The molecule has 2 N–H and O–H groups in total. The molecule has 0 heterocycles. The van der Waals surface area contributed by atoms with Gasteiger partial charge in [0.2, 0.25) is 0 Å². The number of phenolic OH excluding ortho intramolecular Hbond substituents is 1. The van der Waals surface area contributed by atoms with Crippen LogP contribution in [0.4, 0.5) is 0 Å². The van der Waals surface area contributed by atoms with Crippen molar-refractivity contribution < 1.29 is 9.90 Å². The van der Waals surface area contributed by atoms with Gasteiger partial charge in [-0.2, -0.15) is 0 Å². The van der Waals surface area contributed by atoms with E-state index in [1.807, 2.05) is 12.1 Å². The third-order valence-electron chi connectivity index (χ3n) is 1.87. The van der Waals surface area contributed by atoms with Gasteiger partial charge in [0.25, 0.3) is 5.91 Å². The summed E-state index contributed by atoms with van der Waals surface area (Å²) >= 11 is 0. The van der Waals surface area contributed by atoms with Crippen LogP contribution in [0.3, 0.4) is 0 Å². The van der Waals surface area contributed by atoms with Gasteiger partial charge in [-0.15, -0.1) is 0 Å². The topological polar surface area (TPSA) is 49.3 Å². The van der Waals surface area contributed by atoms with Crippen LogP contribution in [0, 0.1) is 11.8 Å². The second-order valence-corrected chi connectivity index (χ2v) is 3.05. The first-order valence-electron chi connectivity index (χ1n) is 4.71. The number of phenols is 1. The van der Waals surface area contributed by atoms with Crippen molar-refractivity contribution in [3.05, 3.63) is 29.8 Å². The maximum atomic E-state index is 11.0. The van der Waals surface area contributed by atoms with Crippen molar-refractivity contribution in [3.8, 4) is 17.6 Å². The van der Waals surface area contributed by atoms with Crippen molar-refractivity contribution in [3.63, 3.8) is 0 Å². The maximum absolute atomic E-state index is 11.0. The van der Waals surface area contributed by atoms with Gasteiger partial charge >= 0.3 is 0 Å². The van der Waals surface area contributed by atoms with E-state index >= 15 is 0 Å². The Hall–Kier alpha value is -1.95. The third-order valence-corrected chi connectivity index (χ3v) is 1.87. The summed E-state index contributed by atoms with van der Waals surface area (Å²) in [6.45, 7) is 2.18. The van der Waals surface area contributed by atoms with E-state index in [0.29, 0.717) is 6.54 Å². The zero-order valence-corrected chi connectivity index (χ0v) is 8.58. The molecule has 0 radical (unpaired) electrons. The molecule has 0 aliphatic carbocycles. The Kier molecular flexibility index (Phi) is 4.24. The van der Waals surface area contributed by atoms with Gasteiger partial charge in [-0.3, -0.25) is 4.79 Å². The monoisotopic (exact) mass is 203 g/mol. The minimum atomic E-state index is -0.253. The molecule has 78 valence electrons. The fourth-order valence-corrected chi connectivity index (χ4v) is 1.14. The maximum Gasteiger partial charge on any atom is 0.295 e. The predicted molar refractivity (Wildman–Crippen MR) is 58.3 cm³/mol. The van der Waals surface area contributed by atoms with Crippen LogP contribution in [-0.4, -0.2) is 17.6 Å². The molecule has 0 unspecified atom stereocenters. The van der Waals surface area contributed by atoms with E-state index in [4.69, 9.17) is 5.11 Å². The van der Waals surface area contributed by atoms with Gasteiger partial charge < -0.3 is 10.4 Å². The van der Waals surface area contributed by atoms with Crippen LogP contribution in [0.15, 0.2) is 24.3 Å². The van der Waals surface area contributed by atoms with E-state index in [0.717, 1.165) is 12.0 Å². The highest BCUT2D eigenvalue weighted by molar-refractivity contribution is 5.93. The van der Waals surface area contributed by atoms with Crippen molar-refractivity contribution in [1.29, 1.82) is 0 Å². The van der Waals surface area contributed by atoms with Crippen LogP contribution >= 0.6 is 0 Å². The second kappa shape index (κ2) is 5.71. The molecule has 15 heavy (non-hydrogen) atoms. The fourth-order valence-electron chi connectivity index (χ4n) is 1.14. The van der Waals surface area contributed by atoms with E-state index in [1.54, 1.807) is 19.1 Å². The number of benzene rings is 1. The standard InChI is InChI=1S/C12H13NO2/c1-2-3-12(15)13-9-8-10-4-6-11(14)7-5-10/h4-7,14H,8-9H2,1H3,(H,13,15). The SMILES string of the molecule is CC#CC(=O)NCCc1ccc(O)cc1. The lowest BCUT2D eigenvalue weighted by atomic mass is 10.1. The first kappa shape index (κ1) is 11.1. The molecule has 3 heteroatoms. The summed E-state index contributed by atoms with van der Waals surface area (Å²) in [6, 6.07) is 6.91. The van der Waals surface area contributed by atoms with Gasteiger partial charge in [0.1, 0.15) is 5.75 Å². The Morgan fingerprint density at radius 1 is 1.40 bits per heavy atom. The number of hydrogen-bond acceptors (Lipinski definition) is 2. The van der Waals surface area contributed by atoms with Gasteiger partial charge in [0, 0.05) is 6.54 Å². The highest BCUT2D eigenvalue weighted by Gasteiger charge is 1.96. The van der Waals surface area contributed by atoms with Gasteiger partial charge in [0.05, 0.1) is 0 Å². The van der Waals surface area contributed by atoms with Crippen LogP contribution in [0.5, 0.6) is 5.75 Å². The number of amides is 1. The quantitative estimate of drug-likeness (QED) is 0.722. The minimum absolute atomic E-state index is 0.250. The zero-order valence-electron chi connectivity index (χ0n) is 8.58. The van der Waals surface area contributed by atoms with E-state index in [-0.39, 0.29) is 11.7 Å². The summed E-state index contributed by atoms with van der Waals surface area (Å²) in [4.78, 5) is 11.0. The molecule has 1 aromatic rings. The lowest BCUT2D eigenvalue weighted by molar-refractivity contribution is -0.115. The van der Waals surface area contributed by atoms with E-state index in [2.05, 4.69) is 17.2 Å². The molecule has 0 aliphatic heterocycles. The van der Waals surface area contributed by atoms with Gasteiger partial charge in [-0.1, -0.05) is 18.1 Å². The van der Waals surface area contributed by atoms with Crippen LogP contribution in [0.2, 0.25) is 0 Å². The van der Waals surface area contributed by atoms with Crippen LogP contribution < -0.4 is 5.32 Å². The number of aromatic hydroxyl groups is 1. The molecule has 0 aliphatic rings. The predicted octanol–water partition coefficient (Wildman–Crippen LogP) is 1.07. The van der Waals surface area contributed by atoms with Crippen molar-refractivity contribution in [2.75, 3.05) is 6.54 Å². The average Bonchev–Trinajstić information content (AvgIpc) is 2.21. The van der Waals surface area contributed by atoms with E-state index in [1.165, 1.54) is 0 Å². The molecule has 1 rings (SSSR count). The number of carbonyl (C=O) groups excluding carboxylic acids is 1. The Balaban J connectivity index is 2.34. The molecule has 0 spiro atoms. The molecular formula is C12H13NO2. The van der Waals surface area contributed by atoms with Gasteiger partial charge in [-0.25, -0.2) is 0 Å². The Morgan fingerprint density at radius 3 is 2.67 bits per heavy atom. The van der Waals surface area contributed by atoms with Crippen molar-refractivity contribution in [2.24, 2.45) is 0 Å². The number of hydrogen-bond donors (Lipinski definition) is 2. The molecule has 0 bridgehead atoms. The van der Waals surface area contributed by atoms with Gasteiger partial charge in [-0.05, 0) is 37.0 Å². The lowest BCUT2D eigenvalue weighted by Gasteiger charge is -2.01. The van der Waals surface area contributed by atoms with Gasteiger partial charge in [0.15, 0.2) is 0 Å². The first-order chi connectivity index (χ1) is 7.22. The summed E-state index contributed by atoms with van der Waals surface area (Å²) in [5, 5.41) is 11.7. The zero-order chi connectivity index (χ0) is 11.1. The number of carbonyl (C=O) groups is 1. The van der Waals surface area contributed by atoms with Crippen molar-refractivity contribution in [2.45, 2.75) is 13.3 Å². The molecule has 1 aromatic carbocycles. The summed E-state index contributed by atoms with van der Waals surface area (Å²) in [7, 11) is 0. The van der Waals surface area contributed by atoms with Crippen LogP contribution in [0.1, 0.15) is 12.5 Å². The molecule has 3 nitrogen and oxygen atoms in total. The van der Waals surface area contributed by atoms with E-state index < -0.39 is 0 Å². The molecule has 1 amide bonds. The number of rotatable bonds is 3. The summed E-state index contributed by atoms with van der Waals surface area (Å²) in [5.41, 5.74) is 1.07. The average molecular weight is 203 g/mol.